The van der Waals surface area contributed by atoms with Crippen molar-refractivity contribution < 1.29 is 14.6 Å². The zero-order chi connectivity index (χ0) is 11.6. The van der Waals surface area contributed by atoms with Gasteiger partial charge in [-0.3, -0.25) is 9.69 Å². The summed E-state index contributed by atoms with van der Waals surface area (Å²) in [5.74, 6) is -1.13. The first-order valence-corrected chi connectivity index (χ1v) is 5.32. The predicted molar refractivity (Wildman–Crippen MR) is 57.8 cm³/mol. The number of hydrogen-bond donors (Lipinski definition) is 1. The van der Waals surface area contributed by atoms with Crippen molar-refractivity contribution in [3.63, 3.8) is 0 Å². The molecule has 0 amide bonds. The van der Waals surface area contributed by atoms with Crippen LogP contribution in [0.25, 0.3) is 0 Å². The van der Waals surface area contributed by atoms with Crippen LogP contribution in [0.3, 0.4) is 0 Å². The van der Waals surface area contributed by atoms with Crippen LogP contribution in [0.4, 0.5) is 0 Å². The Morgan fingerprint density at radius 1 is 1.47 bits per heavy atom. The predicted octanol–water partition coefficient (Wildman–Crippen LogP) is 1.06. The first-order chi connectivity index (χ1) is 6.81. The number of rotatable bonds is 3. The highest BCUT2D eigenvalue weighted by molar-refractivity contribution is 5.71. The van der Waals surface area contributed by atoms with Gasteiger partial charge >= 0.3 is 5.97 Å². The van der Waals surface area contributed by atoms with Gasteiger partial charge in [-0.2, -0.15) is 0 Å². The Morgan fingerprint density at radius 2 is 2.07 bits per heavy atom. The summed E-state index contributed by atoms with van der Waals surface area (Å²) in [6, 6.07) is 0.0155. The van der Waals surface area contributed by atoms with Gasteiger partial charge in [0.05, 0.1) is 19.1 Å². The van der Waals surface area contributed by atoms with Crippen LogP contribution < -0.4 is 0 Å². The minimum Gasteiger partial charge on any atom is -0.481 e. The lowest BCUT2D eigenvalue weighted by atomic mass is 9.94. The molecule has 1 heterocycles. The van der Waals surface area contributed by atoms with Crippen LogP contribution in [0, 0.1) is 11.3 Å². The fourth-order valence-electron chi connectivity index (χ4n) is 2.08. The van der Waals surface area contributed by atoms with E-state index < -0.39 is 5.97 Å². The number of carboxylic acids is 1. The molecule has 0 radical (unpaired) electrons. The van der Waals surface area contributed by atoms with Crippen molar-refractivity contribution in [3.8, 4) is 0 Å². The Balaban J connectivity index is 2.58. The molecule has 1 aliphatic rings. The van der Waals surface area contributed by atoms with E-state index in [4.69, 9.17) is 9.84 Å². The van der Waals surface area contributed by atoms with Gasteiger partial charge in [-0.25, -0.2) is 0 Å². The van der Waals surface area contributed by atoms with E-state index in [0.29, 0.717) is 13.2 Å². The third kappa shape index (κ3) is 3.47. The van der Waals surface area contributed by atoms with Crippen LogP contribution in [0.15, 0.2) is 0 Å². The van der Waals surface area contributed by atoms with Crippen molar-refractivity contribution in [2.45, 2.75) is 26.8 Å². The van der Waals surface area contributed by atoms with Gasteiger partial charge in [0.25, 0.3) is 0 Å². The lowest BCUT2D eigenvalue weighted by molar-refractivity contribution is -0.143. The highest BCUT2D eigenvalue weighted by Crippen LogP contribution is 2.23. The molecule has 0 saturated carbocycles. The van der Waals surface area contributed by atoms with E-state index in [1.807, 2.05) is 7.05 Å². The summed E-state index contributed by atoms with van der Waals surface area (Å²) in [5.41, 5.74) is 0.181. The third-order valence-electron chi connectivity index (χ3n) is 2.66. The van der Waals surface area contributed by atoms with Crippen LogP contribution in [-0.2, 0) is 9.53 Å². The number of aliphatic carboxylic acids is 1. The molecule has 1 rings (SSSR count). The second-order valence-electron chi connectivity index (χ2n) is 5.53. The summed E-state index contributed by atoms with van der Waals surface area (Å²) < 4.78 is 5.24. The minimum absolute atomic E-state index is 0.0155. The Bertz CT molecular complexity index is 234. The van der Waals surface area contributed by atoms with Gasteiger partial charge in [0.2, 0.25) is 0 Å². The molecule has 0 aliphatic carbocycles. The van der Waals surface area contributed by atoms with E-state index in [-0.39, 0.29) is 17.4 Å². The Hall–Kier alpha value is -0.610. The van der Waals surface area contributed by atoms with Crippen molar-refractivity contribution in [1.29, 1.82) is 0 Å². The average molecular weight is 215 g/mol. The second-order valence-corrected chi connectivity index (χ2v) is 5.53. The summed E-state index contributed by atoms with van der Waals surface area (Å²) >= 11 is 0. The largest absolute Gasteiger partial charge is 0.481 e. The molecule has 0 aromatic rings. The molecule has 0 aromatic heterocycles. The van der Waals surface area contributed by atoms with E-state index in [1.54, 1.807) is 0 Å². The Kier molecular flexibility index (Phi) is 3.73. The van der Waals surface area contributed by atoms with Crippen LogP contribution in [-0.4, -0.2) is 48.8 Å². The molecule has 4 nitrogen and oxygen atoms in total. The maximum absolute atomic E-state index is 11.0. The van der Waals surface area contributed by atoms with Gasteiger partial charge in [0.15, 0.2) is 0 Å². The molecule has 1 fully saturated rings. The number of carbonyl (C=O) groups is 1. The molecular formula is C11H21NO3. The van der Waals surface area contributed by atoms with E-state index in [1.165, 1.54) is 0 Å². The van der Waals surface area contributed by atoms with E-state index >= 15 is 0 Å². The summed E-state index contributed by atoms with van der Waals surface area (Å²) in [4.78, 5) is 13.1. The molecule has 2 atom stereocenters. The fourth-order valence-corrected chi connectivity index (χ4v) is 2.08. The van der Waals surface area contributed by atoms with Crippen molar-refractivity contribution in [2.24, 2.45) is 11.3 Å². The summed E-state index contributed by atoms with van der Waals surface area (Å²) in [6.45, 7) is 8.20. The quantitative estimate of drug-likeness (QED) is 0.765. The van der Waals surface area contributed by atoms with Crippen LogP contribution in [0.2, 0.25) is 0 Å². The van der Waals surface area contributed by atoms with Crippen LogP contribution in [0.1, 0.15) is 20.8 Å². The number of likely N-dealkylation sites (N-methyl/N-ethyl adjacent to an activating group) is 1. The van der Waals surface area contributed by atoms with Crippen LogP contribution >= 0.6 is 0 Å². The van der Waals surface area contributed by atoms with E-state index in [2.05, 4.69) is 25.7 Å². The van der Waals surface area contributed by atoms with E-state index in [0.717, 1.165) is 6.54 Å². The average Bonchev–Trinajstić information content (AvgIpc) is 2.47. The first-order valence-electron chi connectivity index (χ1n) is 5.32. The van der Waals surface area contributed by atoms with Gasteiger partial charge in [-0.1, -0.05) is 20.8 Å². The molecule has 15 heavy (non-hydrogen) atoms. The second kappa shape index (κ2) is 4.49. The van der Waals surface area contributed by atoms with Crippen molar-refractivity contribution >= 4 is 5.97 Å². The highest BCUT2D eigenvalue weighted by Gasteiger charge is 2.37. The van der Waals surface area contributed by atoms with Crippen LogP contribution in [0.5, 0.6) is 0 Å². The normalized spacial score (nSPS) is 27.3. The molecule has 2 unspecified atom stereocenters. The third-order valence-corrected chi connectivity index (χ3v) is 2.66. The highest BCUT2D eigenvalue weighted by atomic mass is 16.5. The van der Waals surface area contributed by atoms with Crippen molar-refractivity contribution in [2.75, 3.05) is 26.8 Å². The molecule has 4 heteroatoms. The minimum atomic E-state index is -0.752. The van der Waals surface area contributed by atoms with Gasteiger partial charge in [-0.05, 0) is 12.5 Å². The Morgan fingerprint density at radius 3 is 2.53 bits per heavy atom. The molecule has 1 aliphatic heterocycles. The molecule has 0 spiro atoms. The van der Waals surface area contributed by atoms with E-state index in [9.17, 15) is 4.79 Å². The number of hydrogen-bond acceptors (Lipinski definition) is 3. The smallest absolute Gasteiger partial charge is 0.310 e. The topological polar surface area (TPSA) is 49.8 Å². The Labute approximate surface area is 91.2 Å². The lowest BCUT2D eigenvalue weighted by Gasteiger charge is -2.32. The van der Waals surface area contributed by atoms with Gasteiger partial charge in [0.1, 0.15) is 0 Å². The number of nitrogens with zero attached hydrogens (tertiary/aromatic N) is 1. The summed E-state index contributed by atoms with van der Waals surface area (Å²) in [6.07, 6.45) is 0. The maximum atomic E-state index is 11.0. The molecule has 0 bridgehead atoms. The first kappa shape index (κ1) is 12.5. The zero-order valence-corrected chi connectivity index (χ0v) is 9.99. The van der Waals surface area contributed by atoms with Gasteiger partial charge in [0, 0.05) is 12.6 Å². The summed E-state index contributed by atoms with van der Waals surface area (Å²) in [7, 11) is 1.97. The van der Waals surface area contributed by atoms with Crippen molar-refractivity contribution in [3.05, 3.63) is 0 Å². The zero-order valence-electron chi connectivity index (χ0n) is 9.99. The van der Waals surface area contributed by atoms with Gasteiger partial charge in [-0.15, -0.1) is 0 Å². The monoisotopic (exact) mass is 215 g/mol. The molecular weight excluding hydrogens is 194 g/mol. The standard InChI is InChI=1S/C11H21NO3/c1-11(2,3)7-12(4)9-6-15-5-8(9)10(13)14/h8-9H,5-7H2,1-4H3,(H,13,14). The molecule has 1 N–H and O–H groups in total. The summed E-state index contributed by atoms with van der Waals surface area (Å²) in [5, 5.41) is 9.02. The fraction of sp³-hybridized carbons (Fsp3) is 0.909. The maximum Gasteiger partial charge on any atom is 0.310 e. The van der Waals surface area contributed by atoms with Gasteiger partial charge < -0.3 is 9.84 Å². The van der Waals surface area contributed by atoms with Crippen molar-refractivity contribution in [1.82, 2.24) is 4.90 Å². The number of carboxylic acid groups (broad SMARTS) is 1. The molecule has 0 aromatic carbocycles. The SMILES string of the molecule is CN(CC(C)(C)C)C1COCC1C(=O)O. The molecule has 1 saturated heterocycles. The lowest BCUT2D eigenvalue weighted by Crippen LogP contribution is -2.44. The number of ether oxygens (including phenoxy) is 1. The molecule has 88 valence electrons.